The van der Waals surface area contributed by atoms with Gasteiger partial charge in [0.15, 0.2) is 0 Å². The van der Waals surface area contributed by atoms with E-state index in [9.17, 15) is 23.1 Å². The van der Waals surface area contributed by atoms with E-state index in [-0.39, 0.29) is 12.8 Å². The number of rotatable bonds is 5. The second-order valence-electron chi connectivity index (χ2n) is 3.54. The summed E-state index contributed by atoms with van der Waals surface area (Å²) in [6.45, 7) is 1.22. The number of carboxylic acid groups (broad SMARTS) is 1. The minimum absolute atomic E-state index is 0.168. The minimum Gasteiger partial charge on any atom is -0.481 e. The van der Waals surface area contributed by atoms with Crippen LogP contribution in [0.3, 0.4) is 0 Å². The first-order chi connectivity index (χ1) is 6.12. The number of aliphatic hydroxyl groups is 1. The van der Waals surface area contributed by atoms with Gasteiger partial charge >= 0.3 is 12.1 Å². The fourth-order valence-electron chi connectivity index (χ4n) is 1.08. The van der Waals surface area contributed by atoms with Gasteiger partial charge in [0.1, 0.15) is 0 Å². The number of hydrogen-bond acceptors (Lipinski definition) is 2. The molecule has 0 aliphatic rings. The van der Waals surface area contributed by atoms with Gasteiger partial charge in [0.2, 0.25) is 0 Å². The molecule has 0 heterocycles. The molecule has 0 aliphatic carbocycles. The van der Waals surface area contributed by atoms with Crippen LogP contribution in [0.4, 0.5) is 13.2 Å². The van der Waals surface area contributed by atoms with Crippen molar-refractivity contribution in [1.82, 2.24) is 0 Å². The minimum atomic E-state index is -4.25. The second kappa shape index (κ2) is 4.63. The van der Waals surface area contributed by atoms with Crippen molar-refractivity contribution in [1.29, 1.82) is 0 Å². The van der Waals surface area contributed by atoms with Crippen LogP contribution in [0, 0.1) is 0 Å². The van der Waals surface area contributed by atoms with E-state index >= 15 is 0 Å². The maximum Gasteiger partial charge on any atom is 0.389 e. The average molecular weight is 214 g/mol. The van der Waals surface area contributed by atoms with Crippen LogP contribution in [0.15, 0.2) is 0 Å². The molecule has 0 bridgehead atoms. The summed E-state index contributed by atoms with van der Waals surface area (Å²) >= 11 is 0. The summed E-state index contributed by atoms with van der Waals surface area (Å²) in [5, 5.41) is 17.7. The first kappa shape index (κ1) is 13.2. The Balaban J connectivity index is 3.82. The lowest BCUT2D eigenvalue weighted by Crippen LogP contribution is -2.28. The van der Waals surface area contributed by atoms with Gasteiger partial charge in [-0.05, 0) is 19.8 Å². The number of hydrogen-bond donors (Lipinski definition) is 2. The highest BCUT2D eigenvalue weighted by atomic mass is 19.4. The molecule has 0 fully saturated rings. The van der Waals surface area contributed by atoms with Gasteiger partial charge in [0.25, 0.3) is 0 Å². The Morgan fingerprint density at radius 2 is 1.79 bits per heavy atom. The molecule has 1 unspecified atom stereocenters. The Hall–Kier alpha value is -0.780. The van der Waals surface area contributed by atoms with Gasteiger partial charge in [-0.2, -0.15) is 13.2 Å². The van der Waals surface area contributed by atoms with E-state index < -0.39 is 30.6 Å². The number of alkyl halides is 3. The number of carboxylic acids is 1. The fourth-order valence-corrected chi connectivity index (χ4v) is 1.08. The van der Waals surface area contributed by atoms with E-state index in [1.807, 2.05) is 0 Å². The first-order valence-electron chi connectivity index (χ1n) is 4.13. The van der Waals surface area contributed by atoms with Crippen LogP contribution in [0.1, 0.15) is 32.6 Å². The third-order valence-corrected chi connectivity index (χ3v) is 1.71. The summed E-state index contributed by atoms with van der Waals surface area (Å²) in [5.41, 5.74) is -1.56. The molecule has 0 radical (unpaired) electrons. The highest BCUT2D eigenvalue weighted by Crippen LogP contribution is 2.25. The topological polar surface area (TPSA) is 57.5 Å². The lowest BCUT2D eigenvalue weighted by Gasteiger charge is -2.20. The molecular weight excluding hydrogens is 201 g/mol. The van der Waals surface area contributed by atoms with Gasteiger partial charge < -0.3 is 10.2 Å². The molecule has 0 aliphatic heterocycles. The Morgan fingerprint density at radius 1 is 1.29 bits per heavy atom. The summed E-state index contributed by atoms with van der Waals surface area (Å²) < 4.78 is 35.1. The maximum atomic E-state index is 11.7. The molecule has 0 rings (SSSR count). The van der Waals surface area contributed by atoms with Crippen molar-refractivity contribution >= 4 is 5.97 Å². The van der Waals surface area contributed by atoms with Gasteiger partial charge in [0, 0.05) is 6.42 Å². The van der Waals surface area contributed by atoms with Crippen LogP contribution < -0.4 is 0 Å². The molecule has 2 N–H and O–H groups in total. The van der Waals surface area contributed by atoms with Crippen molar-refractivity contribution in [2.45, 2.75) is 44.4 Å². The van der Waals surface area contributed by atoms with E-state index in [2.05, 4.69) is 0 Å². The van der Waals surface area contributed by atoms with Gasteiger partial charge in [-0.1, -0.05) is 0 Å². The zero-order valence-electron chi connectivity index (χ0n) is 7.76. The highest BCUT2D eigenvalue weighted by Gasteiger charge is 2.29. The largest absolute Gasteiger partial charge is 0.481 e. The molecule has 84 valence electrons. The number of carbonyl (C=O) groups is 1. The molecule has 0 aromatic rings. The average Bonchev–Trinajstić information content (AvgIpc) is 1.78. The quantitative estimate of drug-likeness (QED) is 0.735. The van der Waals surface area contributed by atoms with Crippen LogP contribution in [0.5, 0.6) is 0 Å². The molecule has 0 aromatic carbocycles. The number of halogens is 3. The molecule has 3 nitrogen and oxygen atoms in total. The van der Waals surface area contributed by atoms with E-state index in [1.54, 1.807) is 0 Å². The highest BCUT2D eigenvalue weighted by molar-refractivity contribution is 5.67. The second-order valence-corrected chi connectivity index (χ2v) is 3.54. The summed E-state index contributed by atoms with van der Waals surface area (Å²) in [6.07, 6.45) is -6.21. The lowest BCUT2D eigenvalue weighted by atomic mass is 9.95. The standard InChI is InChI=1S/C8H13F3O3/c1-7(14,5-6(12)13)3-2-4-8(9,10)11/h14H,2-5H2,1H3,(H,12,13). The fraction of sp³-hybridized carbons (Fsp3) is 0.875. The Bertz CT molecular complexity index is 198. The van der Waals surface area contributed by atoms with Crippen LogP contribution in [-0.4, -0.2) is 28.0 Å². The van der Waals surface area contributed by atoms with Crippen molar-refractivity contribution in [3.8, 4) is 0 Å². The smallest absolute Gasteiger partial charge is 0.389 e. The van der Waals surface area contributed by atoms with Crippen molar-refractivity contribution in [2.24, 2.45) is 0 Å². The van der Waals surface area contributed by atoms with Crippen LogP contribution in [0.2, 0.25) is 0 Å². The van der Waals surface area contributed by atoms with E-state index in [1.165, 1.54) is 6.92 Å². The summed E-state index contributed by atoms with van der Waals surface area (Å²) in [4.78, 5) is 10.2. The summed E-state index contributed by atoms with van der Waals surface area (Å²) in [6, 6.07) is 0. The molecular formula is C8H13F3O3. The van der Waals surface area contributed by atoms with Crippen molar-refractivity contribution in [2.75, 3.05) is 0 Å². The SMILES string of the molecule is CC(O)(CCCC(F)(F)F)CC(=O)O. The molecule has 0 saturated carbocycles. The third kappa shape index (κ3) is 7.85. The summed E-state index contributed by atoms with van der Waals surface area (Å²) in [7, 11) is 0. The molecule has 6 heteroatoms. The predicted octanol–water partition coefficient (Wildman–Crippen LogP) is 1.94. The molecule has 0 saturated heterocycles. The number of aliphatic carboxylic acids is 1. The van der Waals surface area contributed by atoms with Gasteiger partial charge in [-0.15, -0.1) is 0 Å². The molecule has 14 heavy (non-hydrogen) atoms. The molecule has 0 spiro atoms. The van der Waals surface area contributed by atoms with Crippen LogP contribution >= 0.6 is 0 Å². The maximum absolute atomic E-state index is 11.7. The Kier molecular flexibility index (Phi) is 4.38. The zero-order chi connectivity index (χ0) is 11.4. The van der Waals surface area contributed by atoms with Gasteiger partial charge in [0.05, 0.1) is 12.0 Å². The Morgan fingerprint density at radius 3 is 2.14 bits per heavy atom. The van der Waals surface area contributed by atoms with Gasteiger partial charge in [-0.3, -0.25) is 4.79 Å². The Labute approximate surface area is 79.5 Å². The zero-order valence-corrected chi connectivity index (χ0v) is 7.76. The molecule has 0 aromatic heterocycles. The van der Waals surface area contributed by atoms with Crippen molar-refractivity contribution < 1.29 is 28.2 Å². The van der Waals surface area contributed by atoms with Gasteiger partial charge in [-0.25, -0.2) is 0 Å². The third-order valence-electron chi connectivity index (χ3n) is 1.71. The van der Waals surface area contributed by atoms with E-state index in [0.29, 0.717) is 0 Å². The summed E-state index contributed by atoms with van der Waals surface area (Å²) in [5.74, 6) is -1.22. The van der Waals surface area contributed by atoms with E-state index in [4.69, 9.17) is 5.11 Å². The molecule has 0 amide bonds. The first-order valence-corrected chi connectivity index (χ1v) is 4.13. The lowest BCUT2D eigenvalue weighted by molar-refractivity contribution is -0.144. The van der Waals surface area contributed by atoms with Crippen LogP contribution in [-0.2, 0) is 4.79 Å². The van der Waals surface area contributed by atoms with Crippen molar-refractivity contribution in [3.63, 3.8) is 0 Å². The van der Waals surface area contributed by atoms with E-state index in [0.717, 1.165) is 0 Å². The molecule has 1 atom stereocenters. The van der Waals surface area contributed by atoms with Crippen LogP contribution in [0.25, 0.3) is 0 Å². The monoisotopic (exact) mass is 214 g/mol. The normalized spacial score (nSPS) is 16.4. The van der Waals surface area contributed by atoms with Crippen molar-refractivity contribution in [3.05, 3.63) is 0 Å². The predicted molar refractivity (Wildman–Crippen MR) is 42.8 cm³/mol.